The Labute approximate surface area is 61.2 Å². The topological polar surface area (TPSA) is 53.2 Å². The van der Waals surface area contributed by atoms with Crippen LogP contribution in [0.3, 0.4) is 0 Å². The van der Waals surface area contributed by atoms with Gasteiger partial charge in [-0.05, 0) is 6.42 Å². The van der Waals surface area contributed by atoms with E-state index in [4.69, 9.17) is 15.1 Å². The van der Waals surface area contributed by atoms with Gasteiger partial charge in [-0.2, -0.15) is 5.26 Å². The van der Waals surface area contributed by atoms with Crippen molar-refractivity contribution in [3.63, 3.8) is 0 Å². The van der Waals surface area contributed by atoms with Crippen molar-refractivity contribution in [3.05, 3.63) is 0 Å². The van der Waals surface area contributed by atoms with E-state index in [-0.39, 0.29) is 13.0 Å². The predicted molar refractivity (Wildman–Crippen MR) is 37.3 cm³/mol. The molecule has 0 aliphatic heterocycles. The summed E-state index contributed by atoms with van der Waals surface area (Å²) >= 11 is 0. The molecule has 0 saturated heterocycles. The first-order valence-electron chi connectivity index (χ1n) is 3.44. The van der Waals surface area contributed by atoms with Gasteiger partial charge in [-0.15, -0.1) is 0 Å². The number of nitriles is 1. The molecule has 0 radical (unpaired) electrons. The van der Waals surface area contributed by atoms with Crippen LogP contribution in [-0.2, 0) is 4.74 Å². The number of hydrogen-bond donors (Lipinski definition) is 1. The van der Waals surface area contributed by atoms with Gasteiger partial charge in [0.15, 0.2) is 0 Å². The molecule has 0 heterocycles. The summed E-state index contributed by atoms with van der Waals surface area (Å²) in [5.74, 6) is 0. The van der Waals surface area contributed by atoms with Crippen LogP contribution >= 0.6 is 0 Å². The summed E-state index contributed by atoms with van der Waals surface area (Å²) in [6.07, 6.45) is 0.486. The van der Waals surface area contributed by atoms with Crippen molar-refractivity contribution in [2.45, 2.75) is 25.9 Å². The van der Waals surface area contributed by atoms with Gasteiger partial charge in [-0.1, -0.05) is 6.92 Å². The first-order valence-corrected chi connectivity index (χ1v) is 3.44. The van der Waals surface area contributed by atoms with Crippen molar-refractivity contribution >= 4 is 0 Å². The third-order valence-electron chi connectivity index (χ3n) is 0.986. The zero-order valence-corrected chi connectivity index (χ0v) is 6.21. The van der Waals surface area contributed by atoms with E-state index in [0.717, 1.165) is 6.42 Å². The molecule has 0 aromatic carbocycles. The minimum atomic E-state index is -0.614. The summed E-state index contributed by atoms with van der Waals surface area (Å²) in [7, 11) is 0. The van der Waals surface area contributed by atoms with Crippen molar-refractivity contribution in [1.29, 1.82) is 5.26 Å². The Bertz CT molecular complexity index is 109. The maximum atomic E-state index is 8.93. The average molecular weight is 143 g/mol. The normalized spacial score (nSPS) is 12.5. The van der Waals surface area contributed by atoms with Crippen LogP contribution < -0.4 is 0 Å². The Kier molecular flexibility index (Phi) is 6.14. The summed E-state index contributed by atoms with van der Waals surface area (Å²) in [6, 6.07) is 1.86. The summed E-state index contributed by atoms with van der Waals surface area (Å²) in [5.41, 5.74) is 0. The Morgan fingerprint density at radius 2 is 2.40 bits per heavy atom. The van der Waals surface area contributed by atoms with Crippen molar-refractivity contribution < 1.29 is 9.84 Å². The van der Waals surface area contributed by atoms with E-state index < -0.39 is 6.10 Å². The maximum Gasteiger partial charge on any atom is 0.0903 e. The fraction of sp³-hybridized carbons (Fsp3) is 0.857. The molecule has 0 saturated carbocycles. The lowest BCUT2D eigenvalue weighted by atomic mass is 10.3. The Morgan fingerprint density at radius 1 is 1.70 bits per heavy atom. The monoisotopic (exact) mass is 143 g/mol. The van der Waals surface area contributed by atoms with Crippen LogP contribution in [0.2, 0.25) is 0 Å². The van der Waals surface area contributed by atoms with Gasteiger partial charge in [0.2, 0.25) is 0 Å². The number of aliphatic hydroxyl groups excluding tert-OH is 1. The highest BCUT2D eigenvalue weighted by Crippen LogP contribution is 1.91. The van der Waals surface area contributed by atoms with Crippen LogP contribution in [0.25, 0.3) is 0 Å². The molecule has 0 rings (SSSR count). The summed E-state index contributed by atoms with van der Waals surface area (Å²) in [4.78, 5) is 0. The smallest absolute Gasteiger partial charge is 0.0903 e. The Morgan fingerprint density at radius 3 is 2.90 bits per heavy atom. The van der Waals surface area contributed by atoms with Crippen LogP contribution in [0.5, 0.6) is 0 Å². The SMILES string of the molecule is CCCOCC(O)CC#N. The van der Waals surface area contributed by atoms with Crippen molar-refractivity contribution in [2.75, 3.05) is 13.2 Å². The van der Waals surface area contributed by atoms with E-state index in [9.17, 15) is 0 Å². The lowest BCUT2D eigenvalue weighted by Gasteiger charge is -2.05. The van der Waals surface area contributed by atoms with Gasteiger partial charge >= 0.3 is 0 Å². The highest BCUT2D eigenvalue weighted by molar-refractivity contribution is 4.74. The lowest BCUT2D eigenvalue weighted by Crippen LogP contribution is -2.14. The third kappa shape index (κ3) is 5.54. The Balaban J connectivity index is 3.06. The molecule has 0 aliphatic carbocycles. The van der Waals surface area contributed by atoms with Crippen molar-refractivity contribution in [1.82, 2.24) is 0 Å². The molecule has 1 unspecified atom stereocenters. The average Bonchev–Trinajstić information content (AvgIpc) is 1.89. The molecule has 0 spiro atoms. The van der Waals surface area contributed by atoms with Gasteiger partial charge in [-0.3, -0.25) is 0 Å². The number of ether oxygens (including phenoxy) is 1. The van der Waals surface area contributed by atoms with Crippen LogP contribution in [0.15, 0.2) is 0 Å². The molecule has 0 aliphatic rings. The van der Waals surface area contributed by atoms with E-state index in [1.165, 1.54) is 0 Å². The molecule has 0 aromatic rings. The van der Waals surface area contributed by atoms with Gasteiger partial charge in [0, 0.05) is 6.61 Å². The quantitative estimate of drug-likeness (QED) is 0.576. The van der Waals surface area contributed by atoms with Crippen LogP contribution in [0.1, 0.15) is 19.8 Å². The van der Waals surface area contributed by atoms with E-state index in [1.54, 1.807) is 0 Å². The van der Waals surface area contributed by atoms with Crippen LogP contribution in [0.4, 0.5) is 0 Å². The van der Waals surface area contributed by atoms with Crippen molar-refractivity contribution in [3.8, 4) is 6.07 Å². The molecular weight excluding hydrogens is 130 g/mol. The standard InChI is InChI=1S/C7H13NO2/c1-2-5-10-6-7(9)3-4-8/h7,9H,2-3,5-6H2,1H3. The summed E-state index contributed by atoms with van der Waals surface area (Å²) < 4.78 is 5.00. The van der Waals surface area contributed by atoms with Gasteiger partial charge in [0.25, 0.3) is 0 Å². The van der Waals surface area contributed by atoms with E-state index >= 15 is 0 Å². The van der Waals surface area contributed by atoms with E-state index in [0.29, 0.717) is 6.61 Å². The van der Waals surface area contributed by atoms with Gasteiger partial charge < -0.3 is 9.84 Å². The van der Waals surface area contributed by atoms with Crippen LogP contribution in [-0.4, -0.2) is 24.4 Å². The molecule has 58 valence electrons. The molecule has 0 amide bonds. The minimum absolute atomic E-state index is 0.156. The zero-order chi connectivity index (χ0) is 7.82. The summed E-state index contributed by atoms with van der Waals surface area (Å²) in [5, 5.41) is 17.1. The minimum Gasteiger partial charge on any atom is -0.390 e. The number of hydrogen-bond acceptors (Lipinski definition) is 3. The predicted octanol–water partition coefficient (Wildman–Crippen LogP) is 0.688. The van der Waals surface area contributed by atoms with Crippen molar-refractivity contribution in [2.24, 2.45) is 0 Å². The first-order chi connectivity index (χ1) is 4.81. The fourth-order valence-electron chi connectivity index (χ4n) is 0.528. The highest BCUT2D eigenvalue weighted by Gasteiger charge is 2.00. The van der Waals surface area contributed by atoms with Crippen LogP contribution in [0, 0.1) is 11.3 Å². The maximum absolute atomic E-state index is 8.93. The second kappa shape index (κ2) is 6.53. The highest BCUT2D eigenvalue weighted by atomic mass is 16.5. The number of aliphatic hydroxyl groups is 1. The van der Waals surface area contributed by atoms with Gasteiger partial charge in [0.1, 0.15) is 0 Å². The zero-order valence-electron chi connectivity index (χ0n) is 6.21. The Hall–Kier alpha value is -0.590. The lowest BCUT2D eigenvalue weighted by molar-refractivity contribution is 0.0396. The third-order valence-corrected chi connectivity index (χ3v) is 0.986. The molecule has 0 bridgehead atoms. The van der Waals surface area contributed by atoms with E-state index in [1.807, 2.05) is 13.0 Å². The second-order valence-corrected chi connectivity index (χ2v) is 2.09. The molecule has 0 aromatic heterocycles. The summed E-state index contributed by atoms with van der Waals surface area (Å²) in [6.45, 7) is 2.93. The molecule has 1 N–H and O–H groups in total. The van der Waals surface area contributed by atoms with E-state index in [2.05, 4.69) is 0 Å². The fourth-order valence-corrected chi connectivity index (χ4v) is 0.528. The number of rotatable bonds is 5. The molecule has 0 fully saturated rings. The molecular formula is C7H13NO2. The molecule has 10 heavy (non-hydrogen) atoms. The molecule has 3 nitrogen and oxygen atoms in total. The largest absolute Gasteiger partial charge is 0.390 e. The first kappa shape index (κ1) is 9.41. The molecule has 1 atom stereocenters. The van der Waals surface area contributed by atoms with Gasteiger partial charge in [-0.25, -0.2) is 0 Å². The molecule has 3 heteroatoms. The second-order valence-electron chi connectivity index (χ2n) is 2.09. The number of nitrogens with zero attached hydrogens (tertiary/aromatic N) is 1. The van der Waals surface area contributed by atoms with Gasteiger partial charge in [0.05, 0.1) is 25.2 Å².